The zero-order chi connectivity index (χ0) is 20.7. The topological polar surface area (TPSA) is 80.1 Å². The number of hydrogen-bond donors (Lipinski definition) is 1. The Hall–Kier alpha value is -2.16. The molecule has 2 fully saturated rings. The van der Waals surface area contributed by atoms with E-state index in [9.17, 15) is 8.42 Å². The fraction of sp³-hybridized carbons (Fsp3) is 0.429. The number of fused-ring (bicyclic) bond motifs is 1. The molecule has 3 aromatic rings. The molecule has 1 N–H and O–H groups in total. The van der Waals surface area contributed by atoms with Gasteiger partial charge in [-0.1, -0.05) is 30.5 Å². The van der Waals surface area contributed by atoms with E-state index in [0.717, 1.165) is 57.7 Å². The molecule has 0 atom stereocenters. The van der Waals surface area contributed by atoms with E-state index >= 15 is 0 Å². The van der Waals surface area contributed by atoms with Gasteiger partial charge in [0.15, 0.2) is 5.82 Å². The summed E-state index contributed by atoms with van der Waals surface area (Å²) in [6.07, 6.45) is 5.77. The highest BCUT2D eigenvalue weighted by atomic mass is 35.5. The summed E-state index contributed by atoms with van der Waals surface area (Å²) in [6.45, 7) is 3.38. The van der Waals surface area contributed by atoms with Crippen molar-refractivity contribution in [2.24, 2.45) is 0 Å². The molecule has 158 valence electrons. The highest BCUT2D eigenvalue weighted by molar-refractivity contribution is 7.90. The lowest BCUT2D eigenvalue weighted by Crippen LogP contribution is -2.44. The number of aromatic nitrogens is 3. The van der Waals surface area contributed by atoms with Gasteiger partial charge in [-0.05, 0) is 37.1 Å². The Balaban J connectivity index is 1.74. The van der Waals surface area contributed by atoms with E-state index in [1.165, 1.54) is 10.0 Å². The lowest BCUT2D eigenvalue weighted by molar-refractivity contribution is 0.578. The highest BCUT2D eigenvalue weighted by Crippen LogP contribution is 2.38. The molecule has 0 bridgehead atoms. The molecule has 0 radical (unpaired) electrons. The van der Waals surface area contributed by atoms with Crippen LogP contribution in [0.3, 0.4) is 0 Å². The molecule has 1 saturated carbocycles. The monoisotopic (exact) mass is 445 g/mol. The molecule has 2 aliphatic rings. The predicted octanol–water partition coefficient (Wildman–Crippen LogP) is 3.39. The van der Waals surface area contributed by atoms with Gasteiger partial charge in [-0.25, -0.2) is 22.4 Å². The van der Waals surface area contributed by atoms with Gasteiger partial charge in [0.05, 0.1) is 10.4 Å². The molecule has 9 heteroatoms. The Labute approximate surface area is 181 Å². The second-order valence-electron chi connectivity index (χ2n) is 7.92. The summed E-state index contributed by atoms with van der Waals surface area (Å²) in [7, 11) is -3.85. The quantitative estimate of drug-likeness (QED) is 0.663. The normalized spacial score (nSPS) is 18.4. The molecule has 2 aromatic heterocycles. The fourth-order valence-electron chi connectivity index (χ4n) is 4.52. The molecular formula is C21H24ClN5O2S. The minimum absolute atomic E-state index is 0.127. The van der Waals surface area contributed by atoms with E-state index in [2.05, 4.69) is 15.2 Å². The highest BCUT2D eigenvalue weighted by Gasteiger charge is 2.32. The number of anilines is 1. The smallest absolute Gasteiger partial charge is 0.269 e. The summed E-state index contributed by atoms with van der Waals surface area (Å²) < 4.78 is 28.9. The number of benzene rings is 1. The number of imidazole rings is 1. The van der Waals surface area contributed by atoms with Crippen LogP contribution in [0.25, 0.3) is 11.0 Å². The number of halogens is 1. The number of pyridine rings is 1. The summed E-state index contributed by atoms with van der Waals surface area (Å²) >= 11 is 6.11. The van der Waals surface area contributed by atoms with Crippen LogP contribution in [-0.4, -0.2) is 48.5 Å². The Morgan fingerprint density at radius 3 is 2.60 bits per heavy atom. The fourth-order valence-corrected chi connectivity index (χ4v) is 6.36. The van der Waals surface area contributed by atoms with E-state index in [1.807, 2.05) is 0 Å². The Bertz CT molecular complexity index is 1180. The van der Waals surface area contributed by atoms with Crippen LogP contribution in [0.15, 0.2) is 41.4 Å². The van der Waals surface area contributed by atoms with Crippen molar-refractivity contribution in [3.8, 4) is 0 Å². The molecular weight excluding hydrogens is 422 g/mol. The Kier molecular flexibility index (Phi) is 5.16. The van der Waals surface area contributed by atoms with Gasteiger partial charge in [0.25, 0.3) is 10.0 Å². The molecule has 0 amide bonds. The average Bonchev–Trinajstić information content (AvgIpc) is 3.42. The van der Waals surface area contributed by atoms with Gasteiger partial charge in [0.1, 0.15) is 11.3 Å². The number of nitrogens with one attached hydrogen (secondary N) is 1. The van der Waals surface area contributed by atoms with Gasteiger partial charge in [-0.2, -0.15) is 0 Å². The van der Waals surface area contributed by atoms with E-state index < -0.39 is 10.0 Å². The second-order valence-corrected chi connectivity index (χ2v) is 10.1. The third-order valence-corrected chi connectivity index (χ3v) is 7.96. The lowest BCUT2D eigenvalue weighted by Gasteiger charge is -2.28. The third-order valence-electron chi connectivity index (χ3n) is 6.01. The maximum absolute atomic E-state index is 13.7. The third kappa shape index (κ3) is 3.36. The van der Waals surface area contributed by atoms with Crippen LogP contribution in [0, 0.1) is 0 Å². The first kappa shape index (κ1) is 19.8. The van der Waals surface area contributed by atoms with Gasteiger partial charge in [0, 0.05) is 43.3 Å². The van der Waals surface area contributed by atoms with Gasteiger partial charge < -0.3 is 10.2 Å². The summed E-state index contributed by atoms with van der Waals surface area (Å²) in [5.74, 6) is 1.50. The van der Waals surface area contributed by atoms with E-state index in [-0.39, 0.29) is 10.8 Å². The SMILES string of the molecule is O=S(=O)(c1cccc(Cl)c1)n1c(C2CCCC2)nc2c(N3CCNCC3)nccc21. The first-order chi connectivity index (χ1) is 14.6. The van der Waals surface area contributed by atoms with Crippen LogP contribution in [0.1, 0.15) is 37.4 Å². The van der Waals surface area contributed by atoms with Gasteiger partial charge in [-0.15, -0.1) is 0 Å². The summed E-state index contributed by atoms with van der Waals surface area (Å²) in [5, 5.41) is 3.74. The summed E-state index contributed by atoms with van der Waals surface area (Å²) in [4.78, 5) is 11.9. The van der Waals surface area contributed by atoms with Crippen LogP contribution in [0.5, 0.6) is 0 Å². The Morgan fingerprint density at radius 1 is 1.10 bits per heavy atom. The average molecular weight is 446 g/mol. The van der Waals surface area contributed by atoms with E-state index in [0.29, 0.717) is 21.9 Å². The van der Waals surface area contributed by atoms with Crippen molar-refractivity contribution >= 4 is 38.5 Å². The molecule has 0 spiro atoms. The first-order valence-corrected chi connectivity index (χ1v) is 12.2. The Morgan fingerprint density at radius 2 is 1.87 bits per heavy atom. The number of rotatable bonds is 4. The lowest BCUT2D eigenvalue weighted by atomic mass is 10.1. The molecule has 1 aromatic carbocycles. The maximum atomic E-state index is 13.7. The standard InChI is InChI=1S/C21H24ClN5O2S/c22-16-6-3-7-17(14-16)30(28,29)27-18-8-9-24-21(26-12-10-23-11-13-26)19(18)25-20(27)15-4-1-2-5-15/h3,6-9,14-15,23H,1-2,4-5,10-13H2. The van der Waals surface area contributed by atoms with Crippen molar-refractivity contribution in [1.29, 1.82) is 0 Å². The van der Waals surface area contributed by atoms with Crippen molar-refractivity contribution in [1.82, 2.24) is 19.3 Å². The number of nitrogens with zero attached hydrogens (tertiary/aromatic N) is 4. The van der Waals surface area contributed by atoms with Crippen LogP contribution < -0.4 is 10.2 Å². The first-order valence-electron chi connectivity index (χ1n) is 10.4. The van der Waals surface area contributed by atoms with Crippen molar-refractivity contribution in [2.75, 3.05) is 31.1 Å². The zero-order valence-corrected chi connectivity index (χ0v) is 18.2. The number of piperazine rings is 1. The molecule has 5 rings (SSSR count). The van der Waals surface area contributed by atoms with Gasteiger partial charge in [0.2, 0.25) is 0 Å². The second kappa shape index (κ2) is 7.83. The minimum Gasteiger partial charge on any atom is -0.352 e. The van der Waals surface area contributed by atoms with E-state index in [1.54, 1.807) is 30.5 Å². The van der Waals surface area contributed by atoms with Crippen LogP contribution in [0.4, 0.5) is 5.82 Å². The summed E-state index contributed by atoms with van der Waals surface area (Å²) in [6, 6.07) is 8.19. The van der Waals surface area contributed by atoms with Crippen LogP contribution >= 0.6 is 11.6 Å². The largest absolute Gasteiger partial charge is 0.352 e. The van der Waals surface area contributed by atoms with Crippen molar-refractivity contribution in [3.63, 3.8) is 0 Å². The predicted molar refractivity (Wildman–Crippen MR) is 118 cm³/mol. The summed E-state index contributed by atoms with van der Waals surface area (Å²) in [5.41, 5.74) is 1.24. The van der Waals surface area contributed by atoms with E-state index in [4.69, 9.17) is 16.6 Å². The maximum Gasteiger partial charge on any atom is 0.269 e. The number of hydrogen-bond acceptors (Lipinski definition) is 6. The van der Waals surface area contributed by atoms with Crippen molar-refractivity contribution in [3.05, 3.63) is 47.4 Å². The van der Waals surface area contributed by atoms with Crippen LogP contribution in [-0.2, 0) is 10.0 Å². The molecule has 0 unspecified atom stereocenters. The van der Waals surface area contributed by atoms with Crippen LogP contribution in [0.2, 0.25) is 5.02 Å². The zero-order valence-electron chi connectivity index (χ0n) is 16.6. The molecule has 1 aliphatic heterocycles. The molecule has 1 aliphatic carbocycles. The minimum atomic E-state index is -3.85. The molecule has 7 nitrogen and oxygen atoms in total. The van der Waals surface area contributed by atoms with Gasteiger partial charge >= 0.3 is 0 Å². The van der Waals surface area contributed by atoms with Crippen molar-refractivity contribution in [2.45, 2.75) is 36.5 Å². The molecule has 3 heterocycles. The molecule has 1 saturated heterocycles. The van der Waals surface area contributed by atoms with Crippen molar-refractivity contribution < 1.29 is 8.42 Å². The molecule has 30 heavy (non-hydrogen) atoms. The van der Waals surface area contributed by atoms with Gasteiger partial charge in [-0.3, -0.25) is 0 Å².